The Bertz CT molecular complexity index is 1950. The molecule has 0 unspecified atom stereocenters. The second-order valence-corrected chi connectivity index (χ2v) is 13.0. The van der Waals surface area contributed by atoms with Crippen molar-refractivity contribution < 1.29 is 19.0 Å². The van der Waals surface area contributed by atoms with E-state index in [1.165, 1.54) is 11.3 Å². The highest BCUT2D eigenvalue weighted by Crippen LogP contribution is 2.36. The van der Waals surface area contributed by atoms with Gasteiger partial charge in [0.15, 0.2) is 16.3 Å². The van der Waals surface area contributed by atoms with Gasteiger partial charge in [-0.15, -0.1) is 0 Å². The summed E-state index contributed by atoms with van der Waals surface area (Å²) in [5, 5.41) is 1.07. The first-order chi connectivity index (χ1) is 21.1. The Morgan fingerprint density at radius 3 is 2.48 bits per heavy atom. The van der Waals surface area contributed by atoms with Crippen LogP contribution >= 0.6 is 57.1 Å². The highest BCUT2D eigenvalue weighted by Gasteiger charge is 2.33. The zero-order valence-electron chi connectivity index (χ0n) is 24.4. The Morgan fingerprint density at radius 1 is 1.05 bits per heavy atom. The number of thiazole rings is 1. The molecule has 11 heteroatoms. The topological polar surface area (TPSA) is 79.1 Å². The number of aryl methyl sites for hydroxylation is 1. The van der Waals surface area contributed by atoms with Crippen molar-refractivity contribution in [3.63, 3.8) is 0 Å². The first kappa shape index (κ1) is 32.3. The fraction of sp³-hybridized carbons (Fsp3) is 0.242. The molecule has 0 saturated carbocycles. The molecule has 1 aliphatic heterocycles. The number of benzene rings is 3. The average Bonchev–Trinajstić information content (AvgIpc) is 3.27. The molecular formula is C33H29Cl2IN2O5S. The molecular weight excluding hydrogens is 734 g/mol. The SMILES string of the molecule is CCOC(=O)C1=C(C)N=c2s/c(=C\c3cc(I)c(OCc4ccc(Cl)cc4Cl)c(OCC)c3)c(=O)n2[C@H]1c1ccc(C)cc1. The fourth-order valence-corrected chi connectivity index (χ4v) is 7.16. The normalized spacial score (nSPS) is 14.7. The third-order valence-corrected chi connectivity index (χ3v) is 9.30. The number of fused-ring (bicyclic) bond motifs is 1. The van der Waals surface area contributed by atoms with Crippen molar-refractivity contribution in [2.45, 2.75) is 40.3 Å². The van der Waals surface area contributed by atoms with Crippen LogP contribution in [0, 0.1) is 10.5 Å². The van der Waals surface area contributed by atoms with E-state index in [2.05, 4.69) is 27.6 Å². The van der Waals surface area contributed by atoms with Crippen LogP contribution in [0.1, 0.15) is 49.1 Å². The van der Waals surface area contributed by atoms with Gasteiger partial charge in [0.05, 0.1) is 38.6 Å². The van der Waals surface area contributed by atoms with Gasteiger partial charge >= 0.3 is 5.97 Å². The molecule has 0 saturated heterocycles. The van der Waals surface area contributed by atoms with Crippen LogP contribution in [0.25, 0.3) is 6.08 Å². The van der Waals surface area contributed by atoms with E-state index >= 15 is 0 Å². The minimum Gasteiger partial charge on any atom is -0.490 e. The summed E-state index contributed by atoms with van der Waals surface area (Å²) in [5.74, 6) is 0.632. The highest BCUT2D eigenvalue weighted by atomic mass is 127. The molecule has 0 radical (unpaired) electrons. The van der Waals surface area contributed by atoms with Crippen molar-refractivity contribution in [3.8, 4) is 11.5 Å². The van der Waals surface area contributed by atoms with E-state index in [1.807, 2.05) is 62.4 Å². The zero-order chi connectivity index (χ0) is 31.5. The third-order valence-electron chi connectivity index (χ3n) is 6.93. The van der Waals surface area contributed by atoms with Crippen molar-refractivity contribution in [1.29, 1.82) is 0 Å². The Labute approximate surface area is 282 Å². The van der Waals surface area contributed by atoms with Crippen molar-refractivity contribution in [2.24, 2.45) is 4.99 Å². The third kappa shape index (κ3) is 6.75. The van der Waals surface area contributed by atoms with Crippen LogP contribution in [-0.4, -0.2) is 23.8 Å². The van der Waals surface area contributed by atoms with Gasteiger partial charge in [0.1, 0.15) is 6.61 Å². The lowest BCUT2D eigenvalue weighted by Crippen LogP contribution is -2.39. The van der Waals surface area contributed by atoms with Crippen molar-refractivity contribution >= 4 is 69.2 Å². The number of hydrogen-bond donors (Lipinski definition) is 0. The largest absolute Gasteiger partial charge is 0.490 e. The molecule has 0 spiro atoms. The lowest BCUT2D eigenvalue weighted by molar-refractivity contribution is -0.139. The maximum absolute atomic E-state index is 14.0. The lowest BCUT2D eigenvalue weighted by Gasteiger charge is -2.24. The molecule has 3 aromatic carbocycles. The number of hydrogen-bond acceptors (Lipinski definition) is 7. The maximum Gasteiger partial charge on any atom is 0.338 e. The van der Waals surface area contributed by atoms with E-state index < -0.39 is 12.0 Å². The fourth-order valence-electron chi connectivity index (χ4n) is 4.87. The van der Waals surface area contributed by atoms with Gasteiger partial charge in [-0.2, -0.15) is 0 Å². The smallest absolute Gasteiger partial charge is 0.338 e. The number of aromatic nitrogens is 1. The predicted molar refractivity (Wildman–Crippen MR) is 183 cm³/mol. The number of esters is 1. The van der Waals surface area contributed by atoms with Crippen LogP contribution in [0.4, 0.5) is 0 Å². The van der Waals surface area contributed by atoms with E-state index in [0.717, 1.165) is 25.8 Å². The van der Waals surface area contributed by atoms with E-state index in [1.54, 1.807) is 30.5 Å². The van der Waals surface area contributed by atoms with Gasteiger partial charge in [0.2, 0.25) is 0 Å². The molecule has 0 bridgehead atoms. The monoisotopic (exact) mass is 762 g/mol. The maximum atomic E-state index is 14.0. The molecule has 228 valence electrons. The van der Waals surface area contributed by atoms with Gasteiger partial charge in [-0.3, -0.25) is 9.36 Å². The molecule has 0 fully saturated rings. The standard InChI is InChI=1S/C33H29Cl2IN2O5S/c1-5-41-26-14-20(13-25(36)30(26)43-17-22-11-12-23(34)16-24(22)35)15-27-31(39)38-29(21-9-7-18(3)8-10-21)28(32(40)42-6-2)19(4)37-33(38)44-27/h7-16,29H,5-6,17H2,1-4H3/b27-15-/t29-/m0/s1. The summed E-state index contributed by atoms with van der Waals surface area (Å²) >= 11 is 15.9. The molecule has 5 rings (SSSR count). The number of carbonyl (C=O) groups excluding carboxylic acids is 1. The molecule has 7 nitrogen and oxygen atoms in total. The van der Waals surface area contributed by atoms with Crippen LogP contribution in [-0.2, 0) is 16.1 Å². The Kier molecular flexibility index (Phi) is 10.2. The number of nitrogens with zero attached hydrogens (tertiary/aromatic N) is 2. The van der Waals surface area contributed by atoms with Crippen molar-refractivity contribution in [3.05, 3.63) is 121 Å². The van der Waals surface area contributed by atoms with Gasteiger partial charge in [0, 0.05) is 15.6 Å². The van der Waals surface area contributed by atoms with Crippen LogP contribution in [0.3, 0.4) is 0 Å². The van der Waals surface area contributed by atoms with Gasteiger partial charge in [-0.05, 0) is 91.8 Å². The van der Waals surface area contributed by atoms with Crippen LogP contribution < -0.4 is 24.4 Å². The van der Waals surface area contributed by atoms with E-state index in [-0.39, 0.29) is 18.8 Å². The van der Waals surface area contributed by atoms with Gasteiger partial charge < -0.3 is 14.2 Å². The van der Waals surface area contributed by atoms with Gasteiger partial charge in [-0.1, -0.05) is 70.4 Å². The first-order valence-corrected chi connectivity index (χ1v) is 16.6. The summed E-state index contributed by atoms with van der Waals surface area (Å²) in [6, 6.07) is 16.2. The average molecular weight is 763 g/mol. The molecule has 0 aliphatic carbocycles. The Morgan fingerprint density at radius 2 is 1.80 bits per heavy atom. The summed E-state index contributed by atoms with van der Waals surface area (Å²) < 4.78 is 20.4. The quantitative estimate of drug-likeness (QED) is 0.136. The molecule has 0 amide bonds. The minimum absolute atomic E-state index is 0.216. The van der Waals surface area contributed by atoms with Crippen LogP contribution in [0.15, 0.2) is 75.7 Å². The predicted octanol–water partition coefficient (Wildman–Crippen LogP) is 7.00. The van der Waals surface area contributed by atoms with Crippen molar-refractivity contribution in [2.75, 3.05) is 13.2 Å². The molecule has 1 aromatic heterocycles. The number of halogens is 3. The number of carbonyl (C=O) groups is 1. The molecule has 0 N–H and O–H groups in total. The number of allylic oxidation sites excluding steroid dienone is 1. The molecule has 4 aromatic rings. The van der Waals surface area contributed by atoms with Crippen LogP contribution in [0.2, 0.25) is 10.0 Å². The molecule has 1 atom stereocenters. The molecule has 2 heterocycles. The number of rotatable bonds is 9. The summed E-state index contributed by atoms with van der Waals surface area (Å²) in [6.45, 7) is 8.28. The Hall–Kier alpha value is -3.12. The summed E-state index contributed by atoms with van der Waals surface area (Å²) in [4.78, 5) is 32.3. The van der Waals surface area contributed by atoms with Crippen molar-refractivity contribution in [1.82, 2.24) is 4.57 Å². The zero-order valence-corrected chi connectivity index (χ0v) is 28.9. The van der Waals surface area contributed by atoms with E-state index in [9.17, 15) is 9.59 Å². The van der Waals surface area contributed by atoms with E-state index in [4.69, 9.17) is 37.4 Å². The highest BCUT2D eigenvalue weighted by molar-refractivity contribution is 14.1. The molecule has 44 heavy (non-hydrogen) atoms. The van der Waals surface area contributed by atoms with Gasteiger partial charge in [-0.25, -0.2) is 9.79 Å². The first-order valence-electron chi connectivity index (χ1n) is 13.9. The second-order valence-electron chi connectivity index (χ2n) is 10.0. The van der Waals surface area contributed by atoms with Gasteiger partial charge in [0.25, 0.3) is 5.56 Å². The van der Waals surface area contributed by atoms with Crippen LogP contribution in [0.5, 0.6) is 11.5 Å². The molecule has 1 aliphatic rings. The second kappa shape index (κ2) is 13.9. The minimum atomic E-state index is -0.664. The van der Waals surface area contributed by atoms with E-state index in [0.29, 0.717) is 48.8 Å². The lowest BCUT2D eigenvalue weighted by atomic mass is 9.95. The number of ether oxygens (including phenoxy) is 3. The summed E-state index contributed by atoms with van der Waals surface area (Å²) in [7, 11) is 0. The summed E-state index contributed by atoms with van der Waals surface area (Å²) in [5.41, 5.74) is 4.05. The Balaban J connectivity index is 1.58. The summed E-state index contributed by atoms with van der Waals surface area (Å²) in [6.07, 6.45) is 1.81.